The maximum Gasteiger partial charge on any atom is 0.251 e. The second kappa shape index (κ2) is 5.38. The number of carbonyl (C=O) groups excluding carboxylic acids is 1. The number of hydrogen-bond donors (Lipinski definition) is 2. The molecule has 0 heterocycles. The van der Waals surface area contributed by atoms with Gasteiger partial charge in [0.2, 0.25) is 0 Å². The van der Waals surface area contributed by atoms with Gasteiger partial charge in [-0.1, -0.05) is 12.8 Å². The molecule has 1 saturated carbocycles. The average Bonchev–Trinajstić information content (AvgIpc) is 2.86. The van der Waals surface area contributed by atoms with E-state index in [4.69, 9.17) is 5.73 Å². The van der Waals surface area contributed by atoms with Crippen molar-refractivity contribution in [2.24, 2.45) is 5.92 Å². The van der Waals surface area contributed by atoms with E-state index in [2.05, 4.69) is 5.32 Å². The standard InChI is InChI=1S/C14H19FN2O/c1-9(10-4-2-3-5-10)17-14(18)11-6-7-13(16)12(15)8-11/h6-10H,2-5,16H2,1H3,(H,17,18). The van der Waals surface area contributed by atoms with Gasteiger partial charge in [0, 0.05) is 11.6 Å². The number of nitrogens with one attached hydrogen (secondary N) is 1. The first-order valence-corrected chi connectivity index (χ1v) is 6.44. The molecular formula is C14H19FN2O. The lowest BCUT2D eigenvalue weighted by molar-refractivity contribution is 0.0927. The van der Waals surface area contributed by atoms with Gasteiger partial charge in [0.15, 0.2) is 0 Å². The first-order chi connectivity index (χ1) is 8.58. The first-order valence-electron chi connectivity index (χ1n) is 6.44. The van der Waals surface area contributed by atoms with Gasteiger partial charge in [-0.15, -0.1) is 0 Å². The topological polar surface area (TPSA) is 55.1 Å². The van der Waals surface area contributed by atoms with Gasteiger partial charge in [0.25, 0.3) is 5.91 Å². The van der Waals surface area contributed by atoms with Crippen molar-refractivity contribution in [3.05, 3.63) is 29.6 Å². The summed E-state index contributed by atoms with van der Waals surface area (Å²) in [6.45, 7) is 2.02. The summed E-state index contributed by atoms with van der Waals surface area (Å²) >= 11 is 0. The molecule has 0 radical (unpaired) electrons. The lowest BCUT2D eigenvalue weighted by Gasteiger charge is -2.20. The second-order valence-electron chi connectivity index (χ2n) is 5.04. The molecule has 3 N–H and O–H groups in total. The fraction of sp³-hybridized carbons (Fsp3) is 0.500. The predicted molar refractivity (Wildman–Crippen MR) is 69.7 cm³/mol. The maximum atomic E-state index is 13.3. The van der Waals surface area contributed by atoms with Crippen LogP contribution in [0.2, 0.25) is 0 Å². The van der Waals surface area contributed by atoms with Crippen LogP contribution in [0.1, 0.15) is 43.0 Å². The van der Waals surface area contributed by atoms with E-state index in [9.17, 15) is 9.18 Å². The van der Waals surface area contributed by atoms with Crippen molar-refractivity contribution in [2.45, 2.75) is 38.6 Å². The van der Waals surface area contributed by atoms with Crippen molar-refractivity contribution in [3.8, 4) is 0 Å². The van der Waals surface area contributed by atoms with Crippen molar-refractivity contribution in [1.82, 2.24) is 5.32 Å². The molecule has 1 unspecified atom stereocenters. The first kappa shape index (κ1) is 12.9. The van der Waals surface area contributed by atoms with Crippen LogP contribution in [0, 0.1) is 11.7 Å². The lowest BCUT2D eigenvalue weighted by atomic mass is 9.99. The van der Waals surface area contributed by atoms with Crippen LogP contribution >= 0.6 is 0 Å². The van der Waals surface area contributed by atoms with Crippen molar-refractivity contribution >= 4 is 11.6 Å². The summed E-state index contributed by atoms with van der Waals surface area (Å²) in [5.41, 5.74) is 5.77. The third-order valence-electron chi connectivity index (χ3n) is 3.73. The SMILES string of the molecule is CC(NC(=O)c1ccc(N)c(F)c1)C1CCCC1. The Morgan fingerprint density at radius 3 is 2.72 bits per heavy atom. The van der Waals surface area contributed by atoms with Gasteiger partial charge in [-0.05, 0) is 43.9 Å². The van der Waals surface area contributed by atoms with E-state index in [0.717, 1.165) is 12.8 Å². The van der Waals surface area contributed by atoms with E-state index in [-0.39, 0.29) is 17.6 Å². The fourth-order valence-corrected chi connectivity index (χ4v) is 2.53. The molecule has 0 aliphatic heterocycles. The highest BCUT2D eigenvalue weighted by atomic mass is 19.1. The Labute approximate surface area is 107 Å². The Kier molecular flexibility index (Phi) is 3.84. The normalized spacial score (nSPS) is 17.7. The van der Waals surface area contributed by atoms with Crippen molar-refractivity contribution in [1.29, 1.82) is 0 Å². The number of nitrogens with two attached hydrogens (primary N) is 1. The smallest absolute Gasteiger partial charge is 0.251 e. The van der Waals surface area contributed by atoms with E-state index >= 15 is 0 Å². The van der Waals surface area contributed by atoms with Crippen LogP contribution in [0.15, 0.2) is 18.2 Å². The highest BCUT2D eigenvalue weighted by Crippen LogP contribution is 2.27. The average molecular weight is 250 g/mol. The van der Waals surface area contributed by atoms with Crippen LogP contribution in [0.4, 0.5) is 10.1 Å². The number of halogens is 1. The van der Waals surface area contributed by atoms with Gasteiger partial charge in [-0.2, -0.15) is 0 Å². The second-order valence-corrected chi connectivity index (χ2v) is 5.04. The molecule has 3 nitrogen and oxygen atoms in total. The number of anilines is 1. The van der Waals surface area contributed by atoms with Crippen LogP contribution in [0.3, 0.4) is 0 Å². The van der Waals surface area contributed by atoms with Gasteiger partial charge in [0.1, 0.15) is 5.82 Å². The third-order valence-corrected chi connectivity index (χ3v) is 3.73. The summed E-state index contributed by atoms with van der Waals surface area (Å²) in [5.74, 6) is -0.225. The van der Waals surface area contributed by atoms with Crippen LogP contribution < -0.4 is 11.1 Å². The van der Waals surface area contributed by atoms with Crippen LogP contribution in [-0.4, -0.2) is 11.9 Å². The molecule has 1 fully saturated rings. The van der Waals surface area contributed by atoms with Gasteiger partial charge >= 0.3 is 0 Å². The van der Waals surface area contributed by atoms with E-state index in [1.807, 2.05) is 6.92 Å². The number of rotatable bonds is 3. The molecule has 1 aliphatic carbocycles. The molecular weight excluding hydrogens is 231 g/mol. The Balaban J connectivity index is 2.00. The maximum absolute atomic E-state index is 13.3. The summed E-state index contributed by atoms with van der Waals surface area (Å²) in [5, 5.41) is 2.94. The quantitative estimate of drug-likeness (QED) is 0.810. The van der Waals surface area contributed by atoms with Crippen LogP contribution in [-0.2, 0) is 0 Å². The number of amides is 1. The number of benzene rings is 1. The molecule has 1 aromatic rings. The molecule has 0 aromatic heterocycles. The number of nitrogen functional groups attached to an aromatic ring is 1. The summed E-state index contributed by atoms with van der Waals surface area (Å²) in [6, 6.07) is 4.30. The Morgan fingerprint density at radius 2 is 2.11 bits per heavy atom. The molecule has 0 bridgehead atoms. The van der Waals surface area contributed by atoms with Crippen LogP contribution in [0.5, 0.6) is 0 Å². The summed E-state index contributed by atoms with van der Waals surface area (Å²) in [7, 11) is 0. The predicted octanol–water partition coefficient (Wildman–Crippen LogP) is 2.72. The highest BCUT2D eigenvalue weighted by molar-refractivity contribution is 5.94. The van der Waals surface area contributed by atoms with E-state index in [0.29, 0.717) is 11.5 Å². The fourth-order valence-electron chi connectivity index (χ4n) is 2.53. The van der Waals surface area contributed by atoms with E-state index in [1.54, 1.807) is 6.07 Å². The molecule has 1 atom stereocenters. The molecule has 18 heavy (non-hydrogen) atoms. The summed E-state index contributed by atoms with van der Waals surface area (Å²) < 4.78 is 13.3. The molecule has 98 valence electrons. The molecule has 0 saturated heterocycles. The molecule has 0 spiro atoms. The van der Waals surface area contributed by atoms with E-state index < -0.39 is 5.82 Å². The Morgan fingerprint density at radius 1 is 1.44 bits per heavy atom. The number of carbonyl (C=O) groups is 1. The van der Waals surface area contributed by atoms with Gasteiger partial charge in [-0.25, -0.2) is 4.39 Å². The molecule has 4 heteroatoms. The summed E-state index contributed by atoms with van der Waals surface area (Å²) in [4.78, 5) is 12.0. The molecule has 1 aromatic carbocycles. The van der Waals surface area contributed by atoms with Crippen molar-refractivity contribution in [2.75, 3.05) is 5.73 Å². The summed E-state index contributed by atoms with van der Waals surface area (Å²) in [6.07, 6.45) is 4.80. The zero-order valence-corrected chi connectivity index (χ0v) is 10.6. The minimum atomic E-state index is -0.545. The molecule has 2 rings (SSSR count). The molecule has 1 amide bonds. The Hall–Kier alpha value is -1.58. The highest BCUT2D eigenvalue weighted by Gasteiger charge is 2.23. The van der Waals surface area contributed by atoms with E-state index in [1.165, 1.54) is 25.0 Å². The molecule has 1 aliphatic rings. The minimum absolute atomic E-state index is 0.0652. The monoisotopic (exact) mass is 250 g/mol. The zero-order chi connectivity index (χ0) is 13.1. The lowest BCUT2D eigenvalue weighted by Crippen LogP contribution is -2.37. The van der Waals surface area contributed by atoms with Gasteiger partial charge < -0.3 is 11.1 Å². The largest absolute Gasteiger partial charge is 0.396 e. The van der Waals surface area contributed by atoms with Crippen molar-refractivity contribution in [3.63, 3.8) is 0 Å². The third kappa shape index (κ3) is 2.81. The van der Waals surface area contributed by atoms with Gasteiger partial charge in [0.05, 0.1) is 5.69 Å². The zero-order valence-electron chi connectivity index (χ0n) is 10.6. The van der Waals surface area contributed by atoms with Crippen molar-refractivity contribution < 1.29 is 9.18 Å². The number of hydrogen-bond acceptors (Lipinski definition) is 2. The Bertz CT molecular complexity index is 441. The minimum Gasteiger partial charge on any atom is -0.396 e. The van der Waals surface area contributed by atoms with Gasteiger partial charge in [-0.3, -0.25) is 4.79 Å². The van der Waals surface area contributed by atoms with Crippen LogP contribution in [0.25, 0.3) is 0 Å².